The molecule has 102 valence electrons. The molecule has 5 heteroatoms. The van der Waals surface area contributed by atoms with Gasteiger partial charge in [-0.2, -0.15) is 0 Å². The minimum atomic E-state index is -1.39. The number of Topliss-reactive ketones (excluding diaryl/α,β-unsaturated/α-hetero) is 1. The van der Waals surface area contributed by atoms with Crippen molar-refractivity contribution < 1.29 is 14.7 Å². The summed E-state index contributed by atoms with van der Waals surface area (Å²) in [5, 5.41) is 9.44. The van der Waals surface area contributed by atoms with Crippen LogP contribution in [-0.2, 0) is 10.3 Å². The molecule has 0 aliphatic carbocycles. The zero-order valence-electron chi connectivity index (χ0n) is 10.8. The Bertz CT molecular complexity index is 529. The number of benzene rings is 1. The van der Waals surface area contributed by atoms with E-state index in [1.807, 2.05) is 6.07 Å². The van der Waals surface area contributed by atoms with Crippen LogP contribution in [0.25, 0.3) is 0 Å². The molecule has 0 radical (unpaired) electrons. The molecule has 1 heterocycles. The average molecular weight is 279 g/mol. The van der Waals surface area contributed by atoms with Crippen molar-refractivity contribution in [1.29, 1.82) is 0 Å². The molecule has 0 amide bonds. The summed E-state index contributed by atoms with van der Waals surface area (Å²) in [6.07, 6.45) is 1.54. The molecule has 4 nitrogen and oxygen atoms in total. The van der Waals surface area contributed by atoms with Crippen LogP contribution in [0.2, 0.25) is 0 Å². The number of carboxylic acids is 1. The lowest BCUT2D eigenvalue weighted by atomic mass is 9.85. The molecule has 1 aliphatic rings. The summed E-state index contributed by atoms with van der Waals surface area (Å²) >= 11 is 1.60. The highest BCUT2D eigenvalue weighted by atomic mass is 32.2. The van der Waals surface area contributed by atoms with E-state index in [2.05, 4.69) is 0 Å². The summed E-state index contributed by atoms with van der Waals surface area (Å²) < 4.78 is 0. The van der Waals surface area contributed by atoms with Crippen LogP contribution in [0.15, 0.2) is 23.1 Å². The van der Waals surface area contributed by atoms with Gasteiger partial charge in [-0.05, 0) is 36.3 Å². The molecule has 2 rings (SSSR count). The van der Waals surface area contributed by atoms with Crippen LogP contribution in [0, 0.1) is 0 Å². The highest BCUT2D eigenvalue weighted by molar-refractivity contribution is 7.99. The van der Waals surface area contributed by atoms with Gasteiger partial charge in [0.1, 0.15) is 5.54 Å². The lowest BCUT2D eigenvalue weighted by Gasteiger charge is -2.25. The second-order valence-electron chi connectivity index (χ2n) is 4.72. The van der Waals surface area contributed by atoms with E-state index < -0.39 is 11.5 Å². The fourth-order valence-electron chi connectivity index (χ4n) is 2.27. The molecule has 0 fully saturated rings. The highest BCUT2D eigenvalue weighted by Crippen LogP contribution is 2.38. The van der Waals surface area contributed by atoms with Gasteiger partial charge in [0.25, 0.3) is 0 Å². The monoisotopic (exact) mass is 279 g/mol. The normalized spacial score (nSPS) is 22.4. The average Bonchev–Trinajstić information content (AvgIpc) is 2.58. The predicted molar refractivity (Wildman–Crippen MR) is 74.5 cm³/mol. The van der Waals surface area contributed by atoms with Gasteiger partial charge in [0.05, 0.1) is 0 Å². The zero-order chi connectivity index (χ0) is 14.0. The molecule has 1 aromatic rings. The predicted octanol–water partition coefficient (Wildman–Crippen LogP) is 2.40. The first kappa shape index (κ1) is 14.1. The van der Waals surface area contributed by atoms with Crippen molar-refractivity contribution in [1.82, 2.24) is 0 Å². The molecular weight excluding hydrogens is 262 g/mol. The number of fused-ring (bicyclic) bond motifs is 1. The zero-order valence-corrected chi connectivity index (χ0v) is 11.6. The van der Waals surface area contributed by atoms with Crippen LogP contribution in [0.3, 0.4) is 0 Å². The first-order valence-corrected chi connectivity index (χ1v) is 7.30. The Morgan fingerprint density at radius 2 is 2.21 bits per heavy atom. The number of thioether (sulfide) groups is 1. The SMILES string of the molecule is CCC(=O)c1ccc2c(c1)C(N)(C(=O)O)CCCS2. The van der Waals surface area contributed by atoms with E-state index in [4.69, 9.17) is 5.73 Å². The maximum Gasteiger partial charge on any atom is 0.328 e. The lowest BCUT2D eigenvalue weighted by Crippen LogP contribution is -2.45. The summed E-state index contributed by atoms with van der Waals surface area (Å²) in [5.74, 6) is -0.178. The Morgan fingerprint density at radius 1 is 1.47 bits per heavy atom. The molecule has 0 bridgehead atoms. The van der Waals surface area contributed by atoms with Gasteiger partial charge in [-0.3, -0.25) is 4.79 Å². The number of aliphatic carboxylic acids is 1. The van der Waals surface area contributed by atoms with Gasteiger partial charge in [0, 0.05) is 16.9 Å². The molecule has 1 aliphatic heterocycles. The Hall–Kier alpha value is -1.33. The van der Waals surface area contributed by atoms with Crippen molar-refractivity contribution in [2.45, 2.75) is 36.6 Å². The Kier molecular flexibility index (Phi) is 3.96. The van der Waals surface area contributed by atoms with E-state index in [1.54, 1.807) is 30.8 Å². The van der Waals surface area contributed by atoms with Gasteiger partial charge >= 0.3 is 5.97 Å². The van der Waals surface area contributed by atoms with E-state index >= 15 is 0 Å². The molecule has 0 saturated heterocycles. The van der Waals surface area contributed by atoms with E-state index in [9.17, 15) is 14.7 Å². The van der Waals surface area contributed by atoms with Crippen molar-refractivity contribution in [3.05, 3.63) is 29.3 Å². The summed E-state index contributed by atoms with van der Waals surface area (Å²) in [5.41, 5.74) is 5.83. The van der Waals surface area contributed by atoms with E-state index in [-0.39, 0.29) is 5.78 Å². The maximum absolute atomic E-state index is 11.8. The van der Waals surface area contributed by atoms with Crippen molar-refractivity contribution in [3.8, 4) is 0 Å². The van der Waals surface area contributed by atoms with Crippen LogP contribution in [-0.4, -0.2) is 22.6 Å². The third kappa shape index (κ3) is 2.53. The van der Waals surface area contributed by atoms with Crippen LogP contribution in [0.1, 0.15) is 42.1 Å². The molecular formula is C14H17NO3S. The van der Waals surface area contributed by atoms with Crippen molar-refractivity contribution in [2.75, 3.05) is 5.75 Å². The maximum atomic E-state index is 11.8. The standard InChI is InChI=1S/C14H17NO3S/c1-2-11(16)9-4-5-12-10(8-9)14(15,13(17)18)6-3-7-19-12/h4-5,8H,2-3,6-7,15H2,1H3,(H,17,18). The fraction of sp³-hybridized carbons (Fsp3) is 0.429. The van der Waals surface area contributed by atoms with Gasteiger partial charge in [-0.1, -0.05) is 13.0 Å². The first-order chi connectivity index (χ1) is 8.99. The van der Waals surface area contributed by atoms with Gasteiger partial charge < -0.3 is 10.8 Å². The van der Waals surface area contributed by atoms with Crippen molar-refractivity contribution in [3.63, 3.8) is 0 Å². The minimum absolute atomic E-state index is 0.00443. The van der Waals surface area contributed by atoms with Gasteiger partial charge in [0.2, 0.25) is 0 Å². The number of carboxylic acid groups (broad SMARTS) is 1. The second-order valence-corrected chi connectivity index (χ2v) is 5.85. The number of nitrogens with two attached hydrogens (primary N) is 1. The first-order valence-electron chi connectivity index (χ1n) is 6.32. The highest BCUT2D eigenvalue weighted by Gasteiger charge is 2.39. The Morgan fingerprint density at radius 3 is 2.84 bits per heavy atom. The lowest BCUT2D eigenvalue weighted by molar-refractivity contribution is -0.144. The number of carbonyl (C=O) groups is 2. The van der Waals surface area contributed by atoms with Crippen LogP contribution >= 0.6 is 11.8 Å². The van der Waals surface area contributed by atoms with Crippen LogP contribution in [0.4, 0.5) is 0 Å². The van der Waals surface area contributed by atoms with Crippen LogP contribution in [0.5, 0.6) is 0 Å². The molecule has 19 heavy (non-hydrogen) atoms. The van der Waals surface area contributed by atoms with Crippen molar-refractivity contribution >= 4 is 23.5 Å². The third-order valence-electron chi connectivity index (χ3n) is 3.46. The van der Waals surface area contributed by atoms with Crippen LogP contribution < -0.4 is 5.73 Å². The number of hydrogen-bond donors (Lipinski definition) is 2. The molecule has 1 aromatic carbocycles. The summed E-state index contributed by atoms with van der Waals surface area (Å²) in [7, 11) is 0. The topological polar surface area (TPSA) is 80.4 Å². The number of hydrogen-bond acceptors (Lipinski definition) is 4. The summed E-state index contributed by atoms with van der Waals surface area (Å²) in [6.45, 7) is 1.79. The quantitative estimate of drug-likeness (QED) is 0.830. The Balaban J connectivity index is 2.57. The molecule has 0 saturated carbocycles. The van der Waals surface area contributed by atoms with Gasteiger partial charge in [-0.15, -0.1) is 11.8 Å². The Labute approximate surface area is 116 Å². The number of rotatable bonds is 3. The van der Waals surface area contributed by atoms with Gasteiger partial charge in [-0.25, -0.2) is 4.79 Å². The van der Waals surface area contributed by atoms with E-state index in [0.717, 1.165) is 17.1 Å². The van der Waals surface area contributed by atoms with Crippen molar-refractivity contribution in [2.24, 2.45) is 5.73 Å². The van der Waals surface area contributed by atoms with E-state index in [1.165, 1.54) is 0 Å². The third-order valence-corrected chi connectivity index (χ3v) is 4.62. The van der Waals surface area contributed by atoms with Gasteiger partial charge in [0.15, 0.2) is 5.78 Å². The summed E-state index contributed by atoms with van der Waals surface area (Å²) in [6, 6.07) is 5.23. The fourth-order valence-corrected chi connectivity index (χ4v) is 3.34. The molecule has 1 atom stereocenters. The smallest absolute Gasteiger partial charge is 0.328 e. The van der Waals surface area contributed by atoms with E-state index in [0.29, 0.717) is 24.0 Å². The second kappa shape index (κ2) is 5.35. The molecule has 0 spiro atoms. The minimum Gasteiger partial charge on any atom is -0.480 e. The number of ketones is 1. The largest absolute Gasteiger partial charge is 0.480 e. The molecule has 3 N–H and O–H groups in total. The molecule has 1 unspecified atom stereocenters. The number of carbonyl (C=O) groups excluding carboxylic acids is 1. The molecule has 0 aromatic heterocycles. The summed E-state index contributed by atoms with van der Waals surface area (Å²) in [4.78, 5) is 24.2.